The van der Waals surface area contributed by atoms with Crippen molar-refractivity contribution in [2.24, 2.45) is 11.8 Å². The van der Waals surface area contributed by atoms with Crippen molar-refractivity contribution < 1.29 is 14.3 Å². The number of likely N-dealkylation sites (tertiary alicyclic amines) is 1. The smallest absolute Gasteiger partial charge is 0.217 e. The van der Waals surface area contributed by atoms with E-state index in [1.807, 2.05) is 36.4 Å². The number of hydrogen-bond donors (Lipinski definition) is 2. The van der Waals surface area contributed by atoms with E-state index in [2.05, 4.69) is 10.2 Å². The monoisotopic (exact) mass is 388 g/mol. The van der Waals surface area contributed by atoms with Gasteiger partial charge >= 0.3 is 0 Å². The van der Waals surface area contributed by atoms with Crippen LogP contribution in [0.5, 0.6) is 0 Å². The summed E-state index contributed by atoms with van der Waals surface area (Å²) in [6.45, 7) is 4.18. The first-order valence-electron chi connectivity index (χ1n) is 9.50. The number of aliphatic hydroxyl groups is 1. The van der Waals surface area contributed by atoms with Gasteiger partial charge in [-0.15, -0.1) is 0 Å². The number of furan rings is 1. The highest BCUT2D eigenvalue weighted by Gasteiger charge is 2.42. The maximum absolute atomic E-state index is 11.3. The van der Waals surface area contributed by atoms with Gasteiger partial charge < -0.3 is 14.8 Å². The van der Waals surface area contributed by atoms with Crippen molar-refractivity contribution >= 4 is 17.5 Å². The normalized spacial score (nSPS) is 28.1. The van der Waals surface area contributed by atoms with Crippen molar-refractivity contribution in [3.8, 4) is 11.3 Å². The number of carbonyl (C=O) groups is 1. The lowest BCUT2D eigenvalue weighted by Crippen LogP contribution is -2.48. The third kappa shape index (κ3) is 4.05. The van der Waals surface area contributed by atoms with Crippen LogP contribution in [0.15, 0.2) is 40.8 Å². The highest BCUT2D eigenvalue weighted by atomic mass is 35.5. The first-order chi connectivity index (χ1) is 13.0. The fourth-order valence-corrected chi connectivity index (χ4v) is 4.79. The number of halogens is 1. The Balaban J connectivity index is 1.39. The maximum atomic E-state index is 11.3. The predicted molar refractivity (Wildman–Crippen MR) is 104 cm³/mol. The molecule has 0 radical (unpaired) electrons. The van der Waals surface area contributed by atoms with Gasteiger partial charge in [0.25, 0.3) is 0 Å². The number of rotatable bonds is 4. The Hall–Kier alpha value is -1.82. The standard InChI is InChI=1S/C21H25ClN2O3/c1-13(25)23-19-8-14-10-24(11-15(14)9-20(19)26)12-16-6-7-21(27-16)17-4-2-3-5-18(17)22/h2-7,14-15,19-20,26H,8-12H2,1H3,(H,23,25)/t14-,15+,19-,20-/m1/s1. The zero-order valence-electron chi connectivity index (χ0n) is 15.4. The lowest BCUT2D eigenvalue weighted by molar-refractivity contribution is -0.121. The Morgan fingerprint density at radius 1 is 1.22 bits per heavy atom. The minimum absolute atomic E-state index is 0.0740. The summed E-state index contributed by atoms with van der Waals surface area (Å²) in [5, 5.41) is 13.9. The molecule has 0 unspecified atom stereocenters. The van der Waals surface area contributed by atoms with Crippen LogP contribution in [0.25, 0.3) is 11.3 Å². The molecule has 4 atom stereocenters. The summed E-state index contributed by atoms with van der Waals surface area (Å²) in [7, 11) is 0. The molecular weight excluding hydrogens is 364 g/mol. The number of fused-ring (bicyclic) bond motifs is 1. The first kappa shape index (κ1) is 18.5. The van der Waals surface area contributed by atoms with E-state index in [9.17, 15) is 9.90 Å². The van der Waals surface area contributed by atoms with Gasteiger partial charge in [0.1, 0.15) is 11.5 Å². The molecule has 2 aliphatic rings. The van der Waals surface area contributed by atoms with Crippen molar-refractivity contribution in [3.05, 3.63) is 47.2 Å². The van der Waals surface area contributed by atoms with Crippen molar-refractivity contribution in [2.45, 2.75) is 38.5 Å². The second kappa shape index (κ2) is 7.66. The lowest BCUT2D eigenvalue weighted by atomic mass is 9.77. The number of carbonyl (C=O) groups excluding carboxylic acids is 1. The molecule has 0 spiro atoms. The van der Waals surface area contributed by atoms with Crippen LogP contribution in [0.3, 0.4) is 0 Å². The van der Waals surface area contributed by atoms with E-state index >= 15 is 0 Å². The molecule has 1 aliphatic carbocycles. The van der Waals surface area contributed by atoms with Crippen LogP contribution in [-0.2, 0) is 11.3 Å². The fraction of sp³-hybridized carbons (Fsp3) is 0.476. The highest BCUT2D eigenvalue weighted by Crippen LogP contribution is 2.37. The molecule has 1 saturated heterocycles. The van der Waals surface area contributed by atoms with Gasteiger partial charge in [-0.2, -0.15) is 0 Å². The molecule has 2 heterocycles. The molecule has 1 amide bonds. The van der Waals surface area contributed by atoms with E-state index in [0.29, 0.717) is 16.9 Å². The van der Waals surface area contributed by atoms with Gasteiger partial charge in [0.15, 0.2) is 0 Å². The maximum Gasteiger partial charge on any atom is 0.217 e. The molecule has 4 rings (SSSR count). The Labute approximate surface area is 164 Å². The van der Waals surface area contributed by atoms with Gasteiger partial charge in [-0.3, -0.25) is 9.69 Å². The molecule has 2 N–H and O–H groups in total. The largest absolute Gasteiger partial charge is 0.460 e. The SMILES string of the molecule is CC(=O)N[C@@H]1C[C@@H]2CN(Cc3ccc(-c4ccccc4Cl)o3)C[C@@H]2C[C@H]1O. The number of benzene rings is 1. The summed E-state index contributed by atoms with van der Waals surface area (Å²) in [4.78, 5) is 13.7. The molecule has 5 nitrogen and oxygen atoms in total. The molecule has 27 heavy (non-hydrogen) atoms. The van der Waals surface area contributed by atoms with Crippen LogP contribution in [0.4, 0.5) is 0 Å². The summed E-state index contributed by atoms with van der Waals surface area (Å²) in [6.07, 6.45) is 1.13. The van der Waals surface area contributed by atoms with Gasteiger partial charge in [-0.05, 0) is 48.9 Å². The zero-order chi connectivity index (χ0) is 19.0. The third-order valence-corrected chi connectivity index (χ3v) is 6.12. The van der Waals surface area contributed by atoms with E-state index in [-0.39, 0.29) is 11.9 Å². The molecule has 2 fully saturated rings. The van der Waals surface area contributed by atoms with Crippen LogP contribution >= 0.6 is 11.6 Å². The molecule has 1 aromatic carbocycles. The summed E-state index contributed by atoms with van der Waals surface area (Å²) < 4.78 is 6.03. The highest BCUT2D eigenvalue weighted by molar-refractivity contribution is 6.33. The Morgan fingerprint density at radius 2 is 1.96 bits per heavy atom. The van der Waals surface area contributed by atoms with Gasteiger partial charge in [0.2, 0.25) is 5.91 Å². The Morgan fingerprint density at radius 3 is 2.70 bits per heavy atom. The number of aliphatic hydroxyl groups excluding tert-OH is 1. The van der Waals surface area contributed by atoms with E-state index < -0.39 is 6.10 Å². The van der Waals surface area contributed by atoms with Crippen molar-refractivity contribution in [1.82, 2.24) is 10.2 Å². The van der Waals surface area contributed by atoms with Crippen molar-refractivity contribution in [1.29, 1.82) is 0 Å². The summed E-state index contributed by atoms with van der Waals surface area (Å²) in [6, 6.07) is 11.5. The zero-order valence-corrected chi connectivity index (χ0v) is 16.2. The molecular formula is C21H25ClN2O3. The van der Waals surface area contributed by atoms with Crippen molar-refractivity contribution in [3.63, 3.8) is 0 Å². The van der Waals surface area contributed by atoms with E-state index in [1.165, 1.54) is 6.92 Å². The molecule has 1 aliphatic heterocycles. The second-order valence-corrected chi connectivity index (χ2v) is 8.21. The summed E-state index contributed by atoms with van der Waals surface area (Å²) in [5.41, 5.74) is 0.904. The number of amides is 1. The minimum Gasteiger partial charge on any atom is -0.460 e. The molecule has 144 valence electrons. The van der Waals surface area contributed by atoms with E-state index in [4.69, 9.17) is 16.0 Å². The van der Waals surface area contributed by atoms with Crippen LogP contribution in [0, 0.1) is 11.8 Å². The third-order valence-electron chi connectivity index (χ3n) is 5.79. The Kier molecular flexibility index (Phi) is 5.26. The van der Waals surface area contributed by atoms with E-state index in [0.717, 1.165) is 49.6 Å². The van der Waals surface area contributed by atoms with Gasteiger partial charge in [-0.25, -0.2) is 0 Å². The fourth-order valence-electron chi connectivity index (χ4n) is 4.56. The second-order valence-electron chi connectivity index (χ2n) is 7.81. The number of nitrogens with zero attached hydrogens (tertiary/aromatic N) is 1. The average Bonchev–Trinajstić information content (AvgIpc) is 3.22. The van der Waals surface area contributed by atoms with Crippen LogP contribution < -0.4 is 5.32 Å². The molecule has 1 saturated carbocycles. The van der Waals surface area contributed by atoms with Crippen molar-refractivity contribution in [2.75, 3.05) is 13.1 Å². The first-order valence-corrected chi connectivity index (χ1v) is 9.88. The lowest BCUT2D eigenvalue weighted by Gasteiger charge is -2.35. The van der Waals surface area contributed by atoms with E-state index in [1.54, 1.807) is 0 Å². The quantitative estimate of drug-likeness (QED) is 0.843. The minimum atomic E-state index is -0.453. The van der Waals surface area contributed by atoms with Crippen LogP contribution in [-0.4, -0.2) is 41.1 Å². The van der Waals surface area contributed by atoms with Gasteiger partial charge in [0, 0.05) is 25.6 Å². The molecule has 1 aromatic heterocycles. The van der Waals surface area contributed by atoms with Crippen LogP contribution in [0.1, 0.15) is 25.5 Å². The molecule has 0 bridgehead atoms. The predicted octanol–water partition coefficient (Wildman–Crippen LogP) is 3.31. The van der Waals surface area contributed by atoms with Gasteiger partial charge in [-0.1, -0.05) is 23.7 Å². The summed E-state index contributed by atoms with van der Waals surface area (Å²) >= 11 is 6.26. The number of hydrogen-bond acceptors (Lipinski definition) is 4. The molecule has 2 aromatic rings. The Bertz CT molecular complexity index is 821. The number of nitrogens with one attached hydrogen (secondary N) is 1. The molecule has 6 heteroatoms. The van der Waals surface area contributed by atoms with Crippen LogP contribution in [0.2, 0.25) is 5.02 Å². The average molecular weight is 389 g/mol. The topological polar surface area (TPSA) is 65.7 Å². The van der Waals surface area contributed by atoms with Gasteiger partial charge in [0.05, 0.1) is 23.7 Å². The summed E-state index contributed by atoms with van der Waals surface area (Å²) in [5.74, 6) is 2.61.